The van der Waals surface area contributed by atoms with E-state index in [1.165, 1.54) is 16.8 Å². The van der Waals surface area contributed by atoms with E-state index in [0.29, 0.717) is 0 Å². The Labute approximate surface area is 120 Å². The van der Waals surface area contributed by atoms with Gasteiger partial charge in [-0.1, -0.05) is 31.2 Å². The molecule has 3 rings (SSSR count). The molecule has 2 aromatic rings. The van der Waals surface area contributed by atoms with Crippen LogP contribution >= 0.6 is 0 Å². The Balaban J connectivity index is 1.64. The Bertz CT molecular complexity index is 555. The predicted octanol–water partition coefficient (Wildman–Crippen LogP) is 3.42. The molecule has 3 nitrogen and oxygen atoms in total. The van der Waals surface area contributed by atoms with E-state index < -0.39 is 0 Å². The van der Waals surface area contributed by atoms with Gasteiger partial charge in [-0.3, -0.25) is 9.88 Å². The lowest BCUT2D eigenvalue weighted by Gasteiger charge is -2.15. The van der Waals surface area contributed by atoms with Gasteiger partial charge in [0.1, 0.15) is 0 Å². The third-order valence-electron chi connectivity index (χ3n) is 3.69. The van der Waals surface area contributed by atoms with Crippen LogP contribution in [0.4, 0.5) is 5.69 Å². The minimum Gasteiger partial charge on any atom is -0.385 e. The number of aromatic nitrogens is 1. The average Bonchev–Trinajstić information content (AvgIpc) is 2.87. The lowest BCUT2D eigenvalue weighted by Crippen LogP contribution is -2.16. The van der Waals surface area contributed by atoms with Crippen LogP contribution in [-0.2, 0) is 19.6 Å². The van der Waals surface area contributed by atoms with E-state index in [1.54, 1.807) is 0 Å². The molecule has 0 amide bonds. The second-order valence-corrected chi connectivity index (χ2v) is 5.38. The van der Waals surface area contributed by atoms with Crippen LogP contribution in [0.15, 0.2) is 42.6 Å². The van der Waals surface area contributed by atoms with Crippen molar-refractivity contribution in [1.29, 1.82) is 0 Å². The van der Waals surface area contributed by atoms with Crippen LogP contribution in [0.2, 0.25) is 0 Å². The molecule has 20 heavy (non-hydrogen) atoms. The zero-order valence-electron chi connectivity index (χ0n) is 12.0. The number of fused-ring (bicyclic) bond motifs is 1. The first kappa shape index (κ1) is 13.1. The number of anilines is 1. The molecule has 0 saturated carbocycles. The van der Waals surface area contributed by atoms with Gasteiger partial charge in [-0.25, -0.2) is 0 Å². The Morgan fingerprint density at radius 3 is 2.60 bits per heavy atom. The van der Waals surface area contributed by atoms with E-state index in [9.17, 15) is 0 Å². The highest BCUT2D eigenvalue weighted by atomic mass is 15.1. The maximum atomic E-state index is 4.49. The number of hydrogen-bond donors (Lipinski definition) is 1. The largest absolute Gasteiger partial charge is 0.385 e. The summed E-state index contributed by atoms with van der Waals surface area (Å²) in [6.07, 6.45) is 3.04. The van der Waals surface area contributed by atoms with Gasteiger partial charge < -0.3 is 5.32 Å². The Kier molecular flexibility index (Phi) is 3.97. The number of rotatable bonds is 5. The van der Waals surface area contributed by atoms with Gasteiger partial charge in [-0.05, 0) is 29.7 Å². The van der Waals surface area contributed by atoms with Crippen molar-refractivity contribution in [3.63, 3.8) is 0 Å². The van der Waals surface area contributed by atoms with Crippen molar-refractivity contribution >= 4 is 5.69 Å². The normalized spacial score (nSPS) is 14.2. The lowest BCUT2D eigenvalue weighted by atomic mass is 10.1. The molecule has 0 saturated heterocycles. The quantitative estimate of drug-likeness (QED) is 0.899. The van der Waals surface area contributed by atoms with Gasteiger partial charge in [0.15, 0.2) is 0 Å². The van der Waals surface area contributed by atoms with E-state index in [1.807, 2.05) is 12.3 Å². The SMILES string of the molecule is CCCNc1ccnc(CN2Cc3ccccc3C2)c1. The van der Waals surface area contributed by atoms with Crippen molar-refractivity contribution in [2.45, 2.75) is 33.0 Å². The summed E-state index contributed by atoms with van der Waals surface area (Å²) in [6, 6.07) is 12.9. The van der Waals surface area contributed by atoms with E-state index >= 15 is 0 Å². The molecule has 0 radical (unpaired) electrons. The zero-order valence-corrected chi connectivity index (χ0v) is 12.0. The molecule has 104 valence electrons. The first-order chi connectivity index (χ1) is 9.85. The van der Waals surface area contributed by atoms with Crippen LogP contribution in [0.3, 0.4) is 0 Å². The van der Waals surface area contributed by atoms with Crippen LogP contribution in [0.1, 0.15) is 30.2 Å². The summed E-state index contributed by atoms with van der Waals surface area (Å²) in [6.45, 7) is 6.17. The Morgan fingerprint density at radius 1 is 1.15 bits per heavy atom. The molecule has 0 spiro atoms. The molecule has 1 aliphatic rings. The minimum atomic E-state index is 0.913. The third-order valence-corrected chi connectivity index (χ3v) is 3.69. The molecule has 1 N–H and O–H groups in total. The van der Waals surface area contributed by atoms with Crippen LogP contribution in [0.5, 0.6) is 0 Å². The van der Waals surface area contributed by atoms with Crippen molar-refractivity contribution in [2.24, 2.45) is 0 Å². The molecule has 0 bridgehead atoms. The molecule has 0 unspecified atom stereocenters. The predicted molar refractivity (Wildman–Crippen MR) is 82.4 cm³/mol. The summed E-state index contributed by atoms with van der Waals surface area (Å²) in [7, 11) is 0. The van der Waals surface area contributed by atoms with Crippen LogP contribution < -0.4 is 5.32 Å². The Hall–Kier alpha value is -1.87. The number of nitrogens with zero attached hydrogens (tertiary/aromatic N) is 2. The number of hydrogen-bond acceptors (Lipinski definition) is 3. The first-order valence-corrected chi connectivity index (χ1v) is 7.33. The van der Waals surface area contributed by atoms with Gasteiger partial charge in [0.25, 0.3) is 0 Å². The third kappa shape index (κ3) is 2.99. The zero-order chi connectivity index (χ0) is 13.8. The molecule has 0 atom stereocenters. The average molecular weight is 267 g/mol. The van der Waals surface area contributed by atoms with Gasteiger partial charge in [0.05, 0.1) is 5.69 Å². The van der Waals surface area contributed by atoms with Gasteiger partial charge >= 0.3 is 0 Å². The number of benzene rings is 1. The monoisotopic (exact) mass is 267 g/mol. The van der Waals surface area contributed by atoms with Gasteiger partial charge in [0.2, 0.25) is 0 Å². The van der Waals surface area contributed by atoms with Gasteiger partial charge in [-0.2, -0.15) is 0 Å². The van der Waals surface area contributed by atoms with Crippen molar-refractivity contribution in [2.75, 3.05) is 11.9 Å². The van der Waals surface area contributed by atoms with E-state index in [2.05, 4.69) is 52.5 Å². The van der Waals surface area contributed by atoms with Crippen molar-refractivity contribution in [3.05, 3.63) is 59.4 Å². The van der Waals surface area contributed by atoms with Crippen molar-refractivity contribution in [3.8, 4) is 0 Å². The highest BCUT2D eigenvalue weighted by molar-refractivity contribution is 5.43. The van der Waals surface area contributed by atoms with Gasteiger partial charge in [0, 0.05) is 38.1 Å². The van der Waals surface area contributed by atoms with E-state index in [-0.39, 0.29) is 0 Å². The first-order valence-electron chi connectivity index (χ1n) is 7.33. The molecule has 1 aromatic heterocycles. The maximum absolute atomic E-state index is 4.49. The number of pyridine rings is 1. The molecule has 1 aromatic carbocycles. The molecule has 0 aliphatic carbocycles. The summed E-state index contributed by atoms with van der Waals surface area (Å²) < 4.78 is 0. The summed E-state index contributed by atoms with van der Waals surface area (Å²) in [4.78, 5) is 6.93. The van der Waals surface area contributed by atoms with Crippen LogP contribution in [-0.4, -0.2) is 16.4 Å². The summed E-state index contributed by atoms with van der Waals surface area (Å²) in [5.74, 6) is 0. The van der Waals surface area contributed by atoms with Crippen molar-refractivity contribution in [1.82, 2.24) is 9.88 Å². The number of nitrogens with one attached hydrogen (secondary N) is 1. The van der Waals surface area contributed by atoms with Crippen LogP contribution in [0, 0.1) is 0 Å². The highest BCUT2D eigenvalue weighted by Gasteiger charge is 2.18. The van der Waals surface area contributed by atoms with E-state index in [4.69, 9.17) is 0 Å². The fourth-order valence-corrected chi connectivity index (χ4v) is 2.69. The maximum Gasteiger partial charge on any atom is 0.0564 e. The Morgan fingerprint density at radius 2 is 1.90 bits per heavy atom. The fraction of sp³-hybridized carbons (Fsp3) is 0.353. The summed E-state index contributed by atoms with van der Waals surface area (Å²) in [5.41, 5.74) is 5.22. The summed E-state index contributed by atoms with van der Waals surface area (Å²) in [5, 5.41) is 3.42. The second kappa shape index (κ2) is 6.06. The summed E-state index contributed by atoms with van der Waals surface area (Å²) >= 11 is 0. The van der Waals surface area contributed by atoms with Crippen molar-refractivity contribution < 1.29 is 0 Å². The fourth-order valence-electron chi connectivity index (χ4n) is 2.69. The molecule has 3 heteroatoms. The molecule has 2 heterocycles. The minimum absolute atomic E-state index is 0.913. The topological polar surface area (TPSA) is 28.2 Å². The lowest BCUT2D eigenvalue weighted by molar-refractivity contribution is 0.272. The standard InChI is InChI=1S/C17H21N3/c1-2-8-18-16-7-9-19-17(10-16)13-20-11-14-5-3-4-6-15(14)12-20/h3-7,9-10H,2,8,11-13H2,1H3,(H,18,19). The molecule has 0 fully saturated rings. The molecular weight excluding hydrogens is 246 g/mol. The highest BCUT2D eigenvalue weighted by Crippen LogP contribution is 2.23. The second-order valence-electron chi connectivity index (χ2n) is 5.38. The van der Waals surface area contributed by atoms with Gasteiger partial charge in [-0.15, -0.1) is 0 Å². The van der Waals surface area contributed by atoms with Crippen LogP contribution in [0.25, 0.3) is 0 Å². The van der Waals surface area contributed by atoms with E-state index in [0.717, 1.165) is 38.3 Å². The molecular formula is C17H21N3. The molecule has 1 aliphatic heterocycles. The smallest absolute Gasteiger partial charge is 0.0564 e.